The molecule has 0 spiro atoms. The summed E-state index contributed by atoms with van der Waals surface area (Å²) >= 11 is 0. The van der Waals surface area contributed by atoms with Gasteiger partial charge in [-0.1, -0.05) is 13.7 Å². The van der Waals surface area contributed by atoms with Crippen molar-refractivity contribution in [2.75, 3.05) is 0 Å². The molecule has 0 unspecified atom stereocenters. The molecule has 0 heterocycles. The van der Waals surface area contributed by atoms with Crippen LogP contribution in [0.15, 0.2) is 0 Å². The van der Waals surface area contributed by atoms with Gasteiger partial charge >= 0.3 is 29.6 Å². The van der Waals surface area contributed by atoms with E-state index >= 15 is 0 Å². The number of aliphatic carboxylic acids is 1. The van der Waals surface area contributed by atoms with Crippen molar-refractivity contribution < 1.29 is 53.8 Å². The zero-order valence-electron chi connectivity index (χ0n) is 11.7. The standard InChI is InChI=1S/C5H8O3.Na/c1-3(2)4(6)5(7)8;/h3H,1-2H3,(H,7,8);/q;+1/p-1/i1D3,2D3,3D;. The molecule has 0 aromatic rings. The molecule has 0 aliphatic rings. The van der Waals surface area contributed by atoms with Crippen molar-refractivity contribution >= 4 is 11.8 Å². The largest absolute Gasteiger partial charge is 1.00 e. The third-order valence-corrected chi connectivity index (χ3v) is 0.412. The van der Waals surface area contributed by atoms with Crippen molar-refractivity contribution in [2.45, 2.75) is 13.7 Å². The molecular weight excluding hydrogens is 131 g/mol. The Bertz CT molecular complexity index is 279. The van der Waals surface area contributed by atoms with Crippen LogP contribution in [0.3, 0.4) is 0 Å². The Morgan fingerprint density at radius 2 is 2.11 bits per heavy atom. The monoisotopic (exact) mass is 145 g/mol. The maximum absolute atomic E-state index is 10.9. The summed E-state index contributed by atoms with van der Waals surface area (Å²) in [5.41, 5.74) is 0. The number of hydrogen-bond acceptors (Lipinski definition) is 3. The number of hydrogen-bond donors (Lipinski definition) is 0. The molecule has 46 valence electrons. The van der Waals surface area contributed by atoms with Gasteiger partial charge in [-0.3, -0.25) is 4.79 Å². The fourth-order valence-electron chi connectivity index (χ4n) is 0.102. The summed E-state index contributed by atoms with van der Waals surface area (Å²) in [4.78, 5) is 21.0. The third kappa shape index (κ3) is 4.63. The first-order valence-electron chi connectivity index (χ1n) is 5.11. The second-order valence-corrected chi connectivity index (χ2v) is 0.992. The molecule has 0 radical (unpaired) electrons. The molecule has 0 saturated heterocycles. The van der Waals surface area contributed by atoms with Gasteiger partial charge in [0.25, 0.3) is 0 Å². The van der Waals surface area contributed by atoms with E-state index < -0.39 is 31.4 Å². The number of rotatable bonds is 2. The summed E-state index contributed by atoms with van der Waals surface area (Å²) in [5, 5.41) is 10.2. The minimum Gasteiger partial charge on any atom is -0.542 e. The van der Waals surface area contributed by atoms with Gasteiger partial charge in [0.1, 0.15) is 5.97 Å². The summed E-state index contributed by atoms with van der Waals surface area (Å²) in [5.74, 6) is -8.47. The van der Waals surface area contributed by atoms with Crippen LogP contribution >= 0.6 is 0 Å². The van der Waals surface area contributed by atoms with Crippen LogP contribution in [0.25, 0.3) is 0 Å². The SMILES string of the molecule is [2H]C([2H])([2H])C([2H])(C(=O)C(=O)[O-])C([2H])([2H])[2H].[Na+]. The van der Waals surface area contributed by atoms with Crippen LogP contribution < -0.4 is 34.7 Å². The predicted molar refractivity (Wildman–Crippen MR) is 24.9 cm³/mol. The molecule has 0 aromatic heterocycles. The molecule has 4 heteroatoms. The average molecular weight is 145 g/mol. The first-order chi connectivity index (χ1) is 6.35. The summed E-state index contributed by atoms with van der Waals surface area (Å²) in [7, 11) is 0. The Kier molecular flexibility index (Phi) is 1.67. The zero-order chi connectivity index (χ0) is 12.7. The van der Waals surface area contributed by atoms with Gasteiger partial charge < -0.3 is 9.90 Å². The molecule has 0 rings (SSSR count). The van der Waals surface area contributed by atoms with Crippen molar-refractivity contribution in [3.05, 3.63) is 0 Å². The maximum Gasteiger partial charge on any atom is 1.00 e. The van der Waals surface area contributed by atoms with Gasteiger partial charge in [-0.25, -0.2) is 0 Å². The van der Waals surface area contributed by atoms with E-state index in [4.69, 9.17) is 9.60 Å². The molecule has 0 fully saturated rings. The van der Waals surface area contributed by atoms with E-state index in [9.17, 15) is 14.7 Å². The summed E-state index contributed by atoms with van der Waals surface area (Å²) in [6.07, 6.45) is 0. The molecule has 0 bridgehead atoms. The van der Waals surface area contributed by atoms with Gasteiger partial charge in [-0.15, -0.1) is 0 Å². The summed E-state index contributed by atoms with van der Waals surface area (Å²) in [6, 6.07) is 0. The first kappa shape index (κ1) is 3.03. The van der Waals surface area contributed by atoms with E-state index in [0.717, 1.165) is 0 Å². The fraction of sp³-hybridized carbons (Fsp3) is 0.600. The summed E-state index contributed by atoms with van der Waals surface area (Å²) < 4.78 is 47.5. The Hall–Kier alpha value is 0.140. The molecule has 3 nitrogen and oxygen atoms in total. The molecule has 0 atom stereocenters. The maximum atomic E-state index is 10.9. The Morgan fingerprint density at radius 3 is 2.22 bits per heavy atom. The van der Waals surface area contributed by atoms with E-state index in [-0.39, 0.29) is 29.6 Å². The molecule has 0 saturated carbocycles. The Balaban J connectivity index is 0. The molecule has 0 aromatic carbocycles. The molecule has 0 aliphatic carbocycles. The van der Waals surface area contributed by atoms with Crippen LogP contribution in [0, 0.1) is 5.89 Å². The van der Waals surface area contributed by atoms with Crippen LogP contribution in [0.5, 0.6) is 0 Å². The van der Waals surface area contributed by atoms with Gasteiger partial charge in [0.15, 0.2) is 5.78 Å². The van der Waals surface area contributed by atoms with Gasteiger partial charge in [-0.05, 0) is 0 Å². The number of carbonyl (C=O) groups is 2. The molecule has 0 aliphatic heterocycles. The van der Waals surface area contributed by atoms with Crippen LogP contribution in [-0.2, 0) is 9.59 Å². The van der Waals surface area contributed by atoms with Gasteiger partial charge in [-0.2, -0.15) is 0 Å². The number of Topliss-reactive ketones (excluding diaryl/α,β-unsaturated/α-hetero) is 1. The minimum absolute atomic E-state index is 0. The van der Waals surface area contributed by atoms with E-state index in [0.29, 0.717) is 0 Å². The van der Waals surface area contributed by atoms with Crippen molar-refractivity contribution in [1.29, 1.82) is 0 Å². The first-order valence-corrected chi connectivity index (χ1v) is 1.61. The predicted octanol–water partition coefficient (Wildman–Crippen LogP) is -4.03. The topological polar surface area (TPSA) is 57.2 Å². The number of carboxylic acid groups (broad SMARTS) is 1. The second-order valence-electron chi connectivity index (χ2n) is 0.992. The minimum atomic E-state index is -3.70. The molecule has 0 N–H and O–H groups in total. The van der Waals surface area contributed by atoms with Crippen molar-refractivity contribution in [2.24, 2.45) is 5.89 Å². The zero-order valence-corrected chi connectivity index (χ0v) is 6.72. The van der Waals surface area contributed by atoms with Gasteiger partial charge in [0.2, 0.25) is 0 Å². The number of carboxylic acids is 1. The molecule has 9 heavy (non-hydrogen) atoms. The van der Waals surface area contributed by atoms with Crippen molar-refractivity contribution in [1.82, 2.24) is 0 Å². The quantitative estimate of drug-likeness (QED) is 0.293. The number of carbonyl (C=O) groups excluding carboxylic acids is 2. The molecular formula is C5H7NaO3. The molecule has 0 amide bonds. The fourth-order valence-corrected chi connectivity index (χ4v) is 0.102. The third-order valence-electron chi connectivity index (χ3n) is 0.412. The Morgan fingerprint density at radius 1 is 1.67 bits per heavy atom. The summed E-state index contributed by atoms with van der Waals surface area (Å²) in [6.45, 7) is -7.15. The van der Waals surface area contributed by atoms with E-state index in [1.807, 2.05) is 0 Å². The number of ketones is 1. The van der Waals surface area contributed by atoms with Crippen LogP contribution in [0.1, 0.15) is 23.3 Å². The van der Waals surface area contributed by atoms with Crippen LogP contribution in [0.2, 0.25) is 0 Å². The van der Waals surface area contributed by atoms with Crippen molar-refractivity contribution in [3.63, 3.8) is 0 Å². The van der Waals surface area contributed by atoms with Crippen molar-refractivity contribution in [3.8, 4) is 0 Å². The van der Waals surface area contributed by atoms with Gasteiger partial charge in [0, 0.05) is 15.5 Å². The van der Waals surface area contributed by atoms with E-state index in [2.05, 4.69) is 0 Å². The van der Waals surface area contributed by atoms with Crippen LogP contribution in [-0.4, -0.2) is 11.8 Å². The normalized spacial score (nSPS) is 23.8. The van der Waals surface area contributed by atoms with E-state index in [1.54, 1.807) is 0 Å². The van der Waals surface area contributed by atoms with Crippen LogP contribution in [0.4, 0.5) is 0 Å². The second kappa shape index (κ2) is 4.97. The Labute approximate surface area is 85.6 Å². The van der Waals surface area contributed by atoms with E-state index in [1.165, 1.54) is 0 Å². The smallest absolute Gasteiger partial charge is 0.542 e. The van der Waals surface area contributed by atoms with Gasteiger partial charge in [0.05, 0.1) is 0 Å². The average Bonchev–Trinajstić information content (AvgIpc) is 1.96.